The van der Waals surface area contributed by atoms with Gasteiger partial charge in [0.2, 0.25) is 0 Å². The lowest BCUT2D eigenvalue weighted by Crippen LogP contribution is -2.21. The van der Waals surface area contributed by atoms with E-state index in [1.807, 2.05) is 17.9 Å². The third-order valence-corrected chi connectivity index (χ3v) is 3.22. The van der Waals surface area contributed by atoms with Crippen molar-refractivity contribution in [3.63, 3.8) is 0 Å². The van der Waals surface area contributed by atoms with E-state index >= 15 is 0 Å². The molecule has 2 heterocycles. The normalized spacial score (nSPS) is 18.9. The molecule has 0 fully saturated rings. The number of para-hydroxylation sites is 1. The fourth-order valence-corrected chi connectivity index (χ4v) is 2.33. The Hall–Kier alpha value is -1.77. The SMILES string of the molecule is Cn1cc(C2CNc3ccccc3C2)cn1. The molecule has 16 heavy (non-hydrogen) atoms. The molecule has 0 saturated heterocycles. The summed E-state index contributed by atoms with van der Waals surface area (Å²) in [5.41, 5.74) is 4.01. The van der Waals surface area contributed by atoms with Gasteiger partial charge in [-0.25, -0.2) is 0 Å². The third kappa shape index (κ3) is 1.58. The van der Waals surface area contributed by atoms with Crippen LogP contribution in [0.5, 0.6) is 0 Å². The van der Waals surface area contributed by atoms with Crippen LogP contribution in [0.4, 0.5) is 5.69 Å². The van der Waals surface area contributed by atoms with Crippen molar-refractivity contribution in [2.75, 3.05) is 11.9 Å². The van der Waals surface area contributed by atoms with Crippen LogP contribution in [0.15, 0.2) is 36.7 Å². The molecule has 1 aromatic carbocycles. The number of aryl methyl sites for hydroxylation is 1. The molecule has 82 valence electrons. The molecule has 1 aliphatic heterocycles. The van der Waals surface area contributed by atoms with Crippen molar-refractivity contribution in [2.45, 2.75) is 12.3 Å². The average Bonchev–Trinajstić information content (AvgIpc) is 2.75. The molecule has 0 bridgehead atoms. The van der Waals surface area contributed by atoms with E-state index in [0.29, 0.717) is 5.92 Å². The summed E-state index contributed by atoms with van der Waals surface area (Å²) >= 11 is 0. The molecule has 1 N–H and O–H groups in total. The topological polar surface area (TPSA) is 29.9 Å². The molecule has 0 amide bonds. The first-order valence-corrected chi connectivity index (χ1v) is 5.63. The standard InChI is InChI=1S/C13H15N3/c1-16-9-12(8-15-16)11-6-10-4-2-3-5-13(10)14-7-11/h2-5,8-9,11,14H,6-7H2,1H3. The van der Waals surface area contributed by atoms with Crippen LogP contribution in [0, 0.1) is 0 Å². The van der Waals surface area contributed by atoms with Crippen molar-refractivity contribution in [1.82, 2.24) is 9.78 Å². The van der Waals surface area contributed by atoms with Crippen LogP contribution < -0.4 is 5.32 Å². The fraction of sp³-hybridized carbons (Fsp3) is 0.308. The number of hydrogen-bond donors (Lipinski definition) is 1. The van der Waals surface area contributed by atoms with E-state index < -0.39 is 0 Å². The molecule has 1 aliphatic rings. The van der Waals surface area contributed by atoms with Gasteiger partial charge >= 0.3 is 0 Å². The Labute approximate surface area is 95.1 Å². The Bertz CT molecular complexity index is 501. The number of benzene rings is 1. The zero-order valence-corrected chi connectivity index (χ0v) is 9.35. The highest BCUT2D eigenvalue weighted by Crippen LogP contribution is 2.29. The van der Waals surface area contributed by atoms with Gasteiger partial charge in [-0.2, -0.15) is 5.10 Å². The van der Waals surface area contributed by atoms with E-state index in [0.717, 1.165) is 13.0 Å². The summed E-state index contributed by atoms with van der Waals surface area (Å²) < 4.78 is 1.87. The highest BCUT2D eigenvalue weighted by atomic mass is 15.2. The number of rotatable bonds is 1. The maximum absolute atomic E-state index is 4.24. The van der Waals surface area contributed by atoms with Crippen molar-refractivity contribution in [2.24, 2.45) is 7.05 Å². The first kappa shape index (κ1) is 9.46. The first-order valence-electron chi connectivity index (χ1n) is 5.63. The summed E-state index contributed by atoms with van der Waals surface area (Å²) in [6, 6.07) is 8.53. The smallest absolute Gasteiger partial charge is 0.0525 e. The lowest BCUT2D eigenvalue weighted by atomic mass is 9.90. The third-order valence-electron chi connectivity index (χ3n) is 3.22. The number of aromatic nitrogens is 2. The van der Waals surface area contributed by atoms with Crippen LogP contribution in [-0.4, -0.2) is 16.3 Å². The van der Waals surface area contributed by atoms with Gasteiger partial charge in [0.1, 0.15) is 0 Å². The van der Waals surface area contributed by atoms with Crippen LogP contribution >= 0.6 is 0 Å². The van der Waals surface area contributed by atoms with Gasteiger partial charge in [0.15, 0.2) is 0 Å². The van der Waals surface area contributed by atoms with Crippen LogP contribution in [-0.2, 0) is 13.5 Å². The maximum atomic E-state index is 4.24. The van der Waals surface area contributed by atoms with Gasteiger partial charge in [0.25, 0.3) is 0 Å². The van der Waals surface area contributed by atoms with Crippen molar-refractivity contribution in [3.8, 4) is 0 Å². The molecule has 3 heteroatoms. The lowest BCUT2D eigenvalue weighted by Gasteiger charge is -2.25. The van der Waals surface area contributed by atoms with Gasteiger partial charge in [-0.3, -0.25) is 4.68 Å². The molecule has 1 unspecified atom stereocenters. The van der Waals surface area contributed by atoms with Crippen LogP contribution in [0.25, 0.3) is 0 Å². The predicted octanol–water partition coefficient (Wildman–Crippen LogP) is 2.17. The van der Waals surface area contributed by atoms with E-state index in [2.05, 4.69) is 40.9 Å². The predicted molar refractivity (Wildman–Crippen MR) is 64.6 cm³/mol. The number of nitrogens with zero attached hydrogens (tertiary/aromatic N) is 2. The van der Waals surface area contributed by atoms with E-state index in [4.69, 9.17) is 0 Å². The summed E-state index contributed by atoms with van der Waals surface area (Å²) in [5, 5.41) is 7.72. The summed E-state index contributed by atoms with van der Waals surface area (Å²) in [6.45, 7) is 1.00. The minimum Gasteiger partial charge on any atom is -0.384 e. The van der Waals surface area contributed by atoms with Crippen molar-refractivity contribution < 1.29 is 0 Å². The number of anilines is 1. The minimum absolute atomic E-state index is 0.545. The fourth-order valence-electron chi connectivity index (χ4n) is 2.33. The summed E-state index contributed by atoms with van der Waals surface area (Å²) in [7, 11) is 1.97. The molecular formula is C13H15N3. The summed E-state index contributed by atoms with van der Waals surface area (Å²) in [6.07, 6.45) is 5.19. The molecule has 0 spiro atoms. The molecule has 1 aromatic heterocycles. The summed E-state index contributed by atoms with van der Waals surface area (Å²) in [4.78, 5) is 0. The lowest BCUT2D eigenvalue weighted by molar-refractivity contribution is 0.692. The first-order chi connectivity index (χ1) is 7.83. The van der Waals surface area contributed by atoms with Gasteiger partial charge in [-0.15, -0.1) is 0 Å². The molecular weight excluding hydrogens is 198 g/mol. The molecule has 0 saturated carbocycles. The van der Waals surface area contributed by atoms with E-state index in [1.54, 1.807) is 0 Å². The molecule has 1 atom stereocenters. The Morgan fingerprint density at radius 1 is 1.38 bits per heavy atom. The van der Waals surface area contributed by atoms with Gasteiger partial charge < -0.3 is 5.32 Å². The second kappa shape index (κ2) is 3.67. The molecule has 3 nitrogen and oxygen atoms in total. The number of fused-ring (bicyclic) bond motifs is 1. The molecule has 0 radical (unpaired) electrons. The van der Waals surface area contributed by atoms with Crippen LogP contribution in [0.2, 0.25) is 0 Å². The van der Waals surface area contributed by atoms with E-state index in [1.165, 1.54) is 16.8 Å². The second-order valence-corrected chi connectivity index (χ2v) is 4.39. The van der Waals surface area contributed by atoms with Crippen LogP contribution in [0.3, 0.4) is 0 Å². The Morgan fingerprint density at radius 2 is 2.25 bits per heavy atom. The maximum Gasteiger partial charge on any atom is 0.0525 e. The highest BCUT2D eigenvalue weighted by Gasteiger charge is 2.20. The molecule has 0 aliphatic carbocycles. The van der Waals surface area contributed by atoms with Crippen LogP contribution in [0.1, 0.15) is 17.0 Å². The van der Waals surface area contributed by atoms with E-state index in [9.17, 15) is 0 Å². The molecule has 3 rings (SSSR count). The Kier molecular flexibility index (Phi) is 2.17. The largest absolute Gasteiger partial charge is 0.384 e. The Morgan fingerprint density at radius 3 is 3.06 bits per heavy atom. The quantitative estimate of drug-likeness (QED) is 0.786. The number of hydrogen-bond acceptors (Lipinski definition) is 2. The highest BCUT2D eigenvalue weighted by molar-refractivity contribution is 5.54. The number of nitrogens with one attached hydrogen (secondary N) is 1. The summed E-state index contributed by atoms with van der Waals surface area (Å²) in [5.74, 6) is 0.545. The zero-order valence-electron chi connectivity index (χ0n) is 9.35. The monoisotopic (exact) mass is 213 g/mol. The van der Waals surface area contributed by atoms with Crippen molar-refractivity contribution >= 4 is 5.69 Å². The minimum atomic E-state index is 0.545. The van der Waals surface area contributed by atoms with Crippen molar-refractivity contribution in [1.29, 1.82) is 0 Å². The van der Waals surface area contributed by atoms with Gasteiger partial charge in [0, 0.05) is 31.4 Å². The van der Waals surface area contributed by atoms with Gasteiger partial charge in [-0.05, 0) is 23.6 Å². The molecule has 2 aromatic rings. The average molecular weight is 213 g/mol. The van der Waals surface area contributed by atoms with Gasteiger partial charge in [-0.1, -0.05) is 18.2 Å². The second-order valence-electron chi connectivity index (χ2n) is 4.39. The van der Waals surface area contributed by atoms with Crippen molar-refractivity contribution in [3.05, 3.63) is 47.8 Å². The Balaban J connectivity index is 1.88. The van der Waals surface area contributed by atoms with E-state index in [-0.39, 0.29) is 0 Å². The zero-order chi connectivity index (χ0) is 11.0. The van der Waals surface area contributed by atoms with Gasteiger partial charge in [0.05, 0.1) is 6.20 Å².